The van der Waals surface area contributed by atoms with E-state index < -0.39 is 0 Å². The molecule has 1 aliphatic rings. The Hall–Kier alpha value is -2.29. The average Bonchev–Trinajstić information content (AvgIpc) is 3.06. The molecule has 1 aliphatic carbocycles. The van der Waals surface area contributed by atoms with Crippen molar-refractivity contribution in [1.82, 2.24) is 0 Å². The zero-order valence-electron chi connectivity index (χ0n) is 14.5. The number of rotatable bonds is 5. The van der Waals surface area contributed by atoms with Gasteiger partial charge >= 0.3 is 0 Å². The molecule has 0 aromatic heterocycles. The minimum Gasteiger partial charge on any atom is -0.490 e. The van der Waals surface area contributed by atoms with E-state index in [1.54, 1.807) is 0 Å². The topological polar surface area (TPSA) is 38.3 Å². The Balaban J connectivity index is 1.57. The molecule has 1 fully saturated rings. The van der Waals surface area contributed by atoms with Gasteiger partial charge in [-0.25, -0.2) is 0 Å². The lowest BCUT2D eigenvalue weighted by atomic mass is 10.0. The van der Waals surface area contributed by atoms with Gasteiger partial charge in [0.05, 0.1) is 12.5 Å². The van der Waals surface area contributed by atoms with Gasteiger partial charge in [-0.05, 0) is 74.9 Å². The van der Waals surface area contributed by atoms with Gasteiger partial charge in [0, 0.05) is 5.69 Å². The number of carbonyl (C=O) groups is 1. The summed E-state index contributed by atoms with van der Waals surface area (Å²) in [7, 11) is 0. The van der Waals surface area contributed by atoms with Crippen LogP contribution >= 0.6 is 0 Å². The van der Waals surface area contributed by atoms with Gasteiger partial charge in [-0.1, -0.05) is 23.8 Å². The molecular weight excluding hydrogens is 298 g/mol. The van der Waals surface area contributed by atoms with Gasteiger partial charge in [0.1, 0.15) is 5.75 Å². The van der Waals surface area contributed by atoms with Crippen LogP contribution in [-0.2, 0) is 11.2 Å². The molecule has 2 aromatic carbocycles. The summed E-state index contributed by atoms with van der Waals surface area (Å²) in [5.41, 5.74) is 4.21. The predicted molar refractivity (Wildman–Crippen MR) is 97.6 cm³/mol. The number of anilines is 1. The zero-order chi connectivity index (χ0) is 16.9. The van der Waals surface area contributed by atoms with Crippen LogP contribution in [0.4, 0.5) is 5.69 Å². The summed E-state index contributed by atoms with van der Waals surface area (Å²) in [5, 5.41) is 2.96. The van der Waals surface area contributed by atoms with Gasteiger partial charge in [0.2, 0.25) is 5.91 Å². The molecule has 0 bridgehead atoms. The molecule has 0 aliphatic heterocycles. The van der Waals surface area contributed by atoms with Crippen molar-refractivity contribution in [2.75, 3.05) is 5.32 Å². The van der Waals surface area contributed by atoms with Crippen LogP contribution in [-0.4, -0.2) is 12.0 Å². The molecule has 24 heavy (non-hydrogen) atoms. The molecular formula is C21H25NO2. The van der Waals surface area contributed by atoms with Crippen molar-refractivity contribution in [3.05, 3.63) is 59.2 Å². The molecule has 1 saturated carbocycles. The number of hydrogen-bond acceptors (Lipinski definition) is 2. The Morgan fingerprint density at radius 2 is 1.79 bits per heavy atom. The van der Waals surface area contributed by atoms with Crippen LogP contribution in [0.15, 0.2) is 42.5 Å². The molecule has 2 aromatic rings. The highest BCUT2D eigenvalue weighted by Gasteiger charge is 2.16. The van der Waals surface area contributed by atoms with E-state index in [1.165, 1.54) is 18.4 Å². The van der Waals surface area contributed by atoms with Crippen LogP contribution in [0.2, 0.25) is 0 Å². The van der Waals surface area contributed by atoms with E-state index in [1.807, 2.05) is 38.1 Å². The fourth-order valence-corrected chi connectivity index (χ4v) is 3.18. The first kappa shape index (κ1) is 16.6. The first-order valence-corrected chi connectivity index (χ1v) is 8.73. The second-order valence-corrected chi connectivity index (χ2v) is 6.70. The highest BCUT2D eigenvalue weighted by atomic mass is 16.5. The van der Waals surface area contributed by atoms with Crippen LogP contribution in [0.5, 0.6) is 5.75 Å². The lowest BCUT2D eigenvalue weighted by molar-refractivity contribution is -0.115. The van der Waals surface area contributed by atoms with E-state index >= 15 is 0 Å². The third-order valence-electron chi connectivity index (χ3n) is 4.60. The second kappa shape index (κ2) is 7.52. The van der Waals surface area contributed by atoms with Crippen LogP contribution in [0.25, 0.3) is 0 Å². The Bertz CT molecular complexity index is 700. The fraction of sp³-hybridized carbons (Fsp3) is 0.381. The van der Waals surface area contributed by atoms with Crippen molar-refractivity contribution in [1.29, 1.82) is 0 Å². The molecule has 0 atom stereocenters. The molecule has 3 rings (SSSR count). The summed E-state index contributed by atoms with van der Waals surface area (Å²) in [4.78, 5) is 12.3. The Morgan fingerprint density at radius 3 is 2.50 bits per heavy atom. The number of carbonyl (C=O) groups excluding carboxylic acids is 1. The molecule has 3 heteroatoms. The number of ether oxygens (including phenoxy) is 1. The highest BCUT2D eigenvalue weighted by molar-refractivity contribution is 5.92. The predicted octanol–water partition coefficient (Wildman–Crippen LogP) is 4.81. The van der Waals surface area contributed by atoms with E-state index in [9.17, 15) is 4.79 Å². The monoisotopic (exact) mass is 323 g/mol. The van der Waals surface area contributed by atoms with E-state index in [0.29, 0.717) is 12.5 Å². The van der Waals surface area contributed by atoms with Gasteiger partial charge in [-0.15, -0.1) is 0 Å². The van der Waals surface area contributed by atoms with Gasteiger partial charge in [-0.2, -0.15) is 0 Å². The summed E-state index contributed by atoms with van der Waals surface area (Å²) in [6.07, 6.45) is 5.57. The quantitative estimate of drug-likeness (QED) is 0.858. The number of hydrogen-bond donors (Lipinski definition) is 1. The van der Waals surface area contributed by atoms with Crippen LogP contribution < -0.4 is 10.1 Å². The summed E-state index contributed by atoms with van der Waals surface area (Å²) in [6, 6.07) is 13.9. The van der Waals surface area contributed by atoms with E-state index in [2.05, 4.69) is 23.5 Å². The standard InChI is InChI=1S/C21H25NO2/c1-15-7-8-16(2)17(13-15)14-21(23)22-18-9-11-20(12-10-18)24-19-5-3-4-6-19/h7-13,19H,3-6,14H2,1-2H3,(H,22,23). The van der Waals surface area contributed by atoms with Crippen molar-refractivity contribution >= 4 is 11.6 Å². The first-order valence-electron chi connectivity index (χ1n) is 8.73. The van der Waals surface area contributed by atoms with Crippen LogP contribution in [0.1, 0.15) is 42.4 Å². The molecule has 0 unspecified atom stereocenters. The lowest BCUT2D eigenvalue weighted by Gasteiger charge is -2.13. The third kappa shape index (κ3) is 4.38. The van der Waals surface area contributed by atoms with Crippen molar-refractivity contribution in [2.24, 2.45) is 0 Å². The van der Waals surface area contributed by atoms with Crippen molar-refractivity contribution < 1.29 is 9.53 Å². The van der Waals surface area contributed by atoms with Crippen LogP contribution in [0.3, 0.4) is 0 Å². The van der Waals surface area contributed by atoms with E-state index in [0.717, 1.165) is 35.4 Å². The number of aryl methyl sites for hydroxylation is 2. The van der Waals surface area contributed by atoms with Gasteiger partial charge in [0.25, 0.3) is 0 Å². The summed E-state index contributed by atoms with van der Waals surface area (Å²) in [6.45, 7) is 4.08. The average molecular weight is 323 g/mol. The Morgan fingerprint density at radius 1 is 1.08 bits per heavy atom. The van der Waals surface area contributed by atoms with Crippen LogP contribution in [0, 0.1) is 13.8 Å². The van der Waals surface area contributed by atoms with E-state index in [4.69, 9.17) is 4.74 Å². The highest BCUT2D eigenvalue weighted by Crippen LogP contribution is 2.25. The largest absolute Gasteiger partial charge is 0.490 e. The molecule has 0 radical (unpaired) electrons. The summed E-state index contributed by atoms with van der Waals surface area (Å²) >= 11 is 0. The number of amides is 1. The molecule has 1 amide bonds. The first-order chi connectivity index (χ1) is 11.6. The van der Waals surface area contributed by atoms with Crippen molar-refractivity contribution in [3.63, 3.8) is 0 Å². The van der Waals surface area contributed by atoms with Crippen molar-refractivity contribution in [2.45, 2.75) is 52.1 Å². The Labute approximate surface area is 144 Å². The Kier molecular flexibility index (Phi) is 5.19. The maximum Gasteiger partial charge on any atom is 0.228 e. The second-order valence-electron chi connectivity index (χ2n) is 6.70. The number of nitrogens with one attached hydrogen (secondary N) is 1. The molecule has 0 spiro atoms. The maximum atomic E-state index is 12.3. The summed E-state index contributed by atoms with van der Waals surface area (Å²) in [5.74, 6) is 0.891. The SMILES string of the molecule is Cc1ccc(C)c(CC(=O)Nc2ccc(OC3CCCC3)cc2)c1. The minimum atomic E-state index is 0.00756. The van der Waals surface area contributed by atoms with Gasteiger partial charge in [-0.3, -0.25) is 4.79 Å². The minimum absolute atomic E-state index is 0.00756. The smallest absolute Gasteiger partial charge is 0.228 e. The number of benzene rings is 2. The molecule has 126 valence electrons. The summed E-state index contributed by atoms with van der Waals surface area (Å²) < 4.78 is 5.95. The fourth-order valence-electron chi connectivity index (χ4n) is 3.18. The third-order valence-corrected chi connectivity index (χ3v) is 4.60. The molecule has 1 N–H and O–H groups in total. The molecule has 3 nitrogen and oxygen atoms in total. The lowest BCUT2D eigenvalue weighted by Crippen LogP contribution is -2.15. The zero-order valence-corrected chi connectivity index (χ0v) is 14.5. The molecule has 0 heterocycles. The molecule has 0 saturated heterocycles. The van der Waals surface area contributed by atoms with E-state index in [-0.39, 0.29) is 5.91 Å². The van der Waals surface area contributed by atoms with Gasteiger partial charge < -0.3 is 10.1 Å². The van der Waals surface area contributed by atoms with Crippen molar-refractivity contribution in [3.8, 4) is 5.75 Å². The van der Waals surface area contributed by atoms with Gasteiger partial charge in [0.15, 0.2) is 0 Å². The maximum absolute atomic E-state index is 12.3. The normalized spacial score (nSPS) is 14.6.